The monoisotopic (exact) mass is 369 g/mol. The number of nitrogens with zero attached hydrogens (tertiary/aromatic N) is 1. The summed E-state index contributed by atoms with van der Waals surface area (Å²) in [6, 6.07) is 25.5. The first kappa shape index (κ1) is 18.6. The Hall–Kier alpha value is -2.71. The van der Waals surface area contributed by atoms with Crippen LogP contribution in [0.4, 0.5) is 5.69 Å². The molecule has 0 radical (unpaired) electrons. The molecule has 0 saturated carbocycles. The standard InChI is InChI=1S/C26H27NO/c1-18-12-14-20(15-13-18)24-25(22-10-5-6-11-23(22)27-24)28-17-19-8-7-9-21(16-19)26(2,3)4/h5-16,25H,17H2,1-4H3. The van der Waals surface area contributed by atoms with Crippen molar-refractivity contribution in [2.75, 3.05) is 0 Å². The SMILES string of the molecule is Cc1ccc(C2=Nc3ccccc3C2OCc2cccc(C(C)(C)C)c2)cc1. The summed E-state index contributed by atoms with van der Waals surface area (Å²) in [6.45, 7) is 9.38. The minimum Gasteiger partial charge on any atom is -0.362 e. The van der Waals surface area contributed by atoms with Crippen LogP contribution < -0.4 is 0 Å². The zero-order chi connectivity index (χ0) is 19.7. The summed E-state index contributed by atoms with van der Waals surface area (Å²) in [5.74, 6) is 0. The largest absolute Gasteiger partial charge is 0.362 e. The van der Waals surface area contributed by atoms with Gasteiger partial charge in [0.2, 0.25) is 0 Å². The number of benzene rings is 3. The molecular weight excluding hydrogens is 342 g/mol. The second-order valence-corrected chi connectivity index (χ2v) is 8.56. The molecule has 4 rings (SSSR count). The minimum absolute atomic E-state index is 0.129. The predicted molar refractivity (Wildman–Crippen MR) is 116 cm³/mol. The highest BCUT2D eigenvalue weighted by Crippen LogP contribution is 2.38. The Bertz CT molecular complexity index is 1010. The van der Waals surface area contributed by atoms with Gasteiger partial charge in [-0.2, -0.15) is 0 Å². The van der Waals surface area contributed by atoms with Gasteiger partial charge in [0.25, 0.3) is 0 Å². The van der Waals surface area contributed by atoms with Gasteiger partial charge in [-0.05, 0) is 35.1 Å². The van der Waals surface area contributed by atoms with Crippen molar-refractivity contribution < 1.29 is 4.74 Å². The minimum atomic E-state index is -0.141. The lowest BCUT2D eigenvalue weighted by molar-refractivity contribution is 0.0870. The van der Waals surface area contributed by atoms with Crippen LogP contribution in [-0.2, 0) is 16.8 Å². The summed E-state index contributed by atoms with van der Waals surface area (Å²) in [6.07, 6.45) is -0.141. The Morgan fingerprint density at radius 1 is 0.893 bits per heavy atom. The van der Waals surface area contributed by atoms with E-state index in [1.54, 1.807) is 0 Å². The first-order valence-electron chi connectivity index (χ1n) is 9.87. The third-order valence-corrected chi connectivity index (χ3v) is 5.27. The Morgan fingerprint density at radius 2 is 1.64 bits per heavy atom. The molecule has 2 heteroatoms. The van der Waals surface area contributed by atoms with Gasteiger partial charge in [-0.1, -0.05) is 93.1 Å². The Morgan fingerprint density at radius 3 is 2.39 bits per heavy atom. The molecule has 0 N–H and O–H groups in total. The van der Waals surface area contributed by atoms with Gasteiger partial charge in [-0.3, -0.25) is 0 Å². The summed E-state index contributed by atoms with van der Waals surface area (Å²) in [7, 11) is 0. The molecule has 0 amide bonds. The fourth-order valence-electron chi connectivity index (χ4n) is 3.56. The van der Waals surface area contributed by atoms with E-state index in [2.05, 4.69) is 94.4 Å². The average molecular weight is 370 g/mol. The van der Waals surface area contributed by atoms with Crippen molar-refractivity contribution in [3.05, 3.63) is 101 Å². The molecule has 1 atom stereocenters. The van der Waals surface area contributed by atoms with Crippen LogP contribution in [0.15, 0.2) is 77.8 Å². The maximum absolute atomic E-state index is 6.45. The summed E-state index contributed by atoms with van der Waals surface area (Å²) < 4.78 is 6.45. The van der Waals surface area contributed by atoms with E-state index in [1.807, 2.05) is 6.07 Å². The average Bonchev–Trinajstić information content (AvgIpc) is 3.05. The molecule has 0 aromatic heterocycles. The van der Waals surface area contributed by atoms with Crippen LogP contribution in [0.5, 0.6) is 0 Å². The molecule has 1 heterocycles. The van der Waals surface area contributed by atoms with Gasteiger partial charge in [-0.25, -0.2) is 4.99 Å². The van der Waals surface area contributed by atoms with Gasteiger partial charge in [-0.15, -0.1) is 0 Å². The lowest BCUT2D eigenvalue weighted by atomic mass is 9.86. The van der Waals surface area contributed by atoms with Gasteiger partial charge in [0.1, 0.15) is 6.10 Å². The third-order valence-electron chi connectivity index (χ3n) is 5.27. The summed E-state index contributed by atoms with van der Waals surface area (Å²) >= 11 is 0. The summed E-state index contributed by atoms with van der Waals surface area (Å²) in [4.78, 5) is 4.89. The molecule has 1 unspecified atom stereocenters. The Balaban J connectivity index is 1.61. The van der Waals surface area contributed by atoms with Crippen molar-refractivity contribution in [1.29, 1.82) is 0 Å². The van der Waals surface area contributed by atoms with Crippen molar-refractivity contribution in [3.8, 4) is 0 Å². The first-order chi connectivity index (χ1) is 13.4. The van der Waals surface area contributed by atoms with E-state index in [9.17, 15) is 0 Å². The second-order valence-electron chi connectivity index (χ2n) is 8.56. The zero-order valence-corrected chi connectivity index (χ0v) is 17.1. The van der Waals surface area contributed by atoms with E-state index >= 15 is 0 Å². The molecule has 0 bridgehead atoms. The number of aliphatic imine (C=N–C) groups is 1. The molecule has 3 aromatic carbocycles. The molecular formula is C26H27NO. The summed E-state index contributed by atoms with van der Waals surface area (Å²) in [5, 5.41) is 0. The van der Waals surface area contributed by atoms with E-state index in [1.165, 1.54) is 16.7 Å². The topological polar surface area (TPSA) is 21.6 Å². The first-order valence-corrected chi connectivity index (χ1v) is 9.87. The number of hydrogen-bond acceptors (Lipinski definition) is 2. The Kier molecular flexibility index (Phi) is 4.91. The number of hydrogen-bond donors (Lipinski definition) is 0. The van der Waals surface area contributed by atoms with Crippen LogP contribution in [0, 0.1) is 6.92 Å². The lowest BCUT2D eigenvalue weighted by Gasteiger charge is -2.21. The van der Waals surface area contributed by atoms with Crippen LogP contribution in [0.3, 0.4) is 0 Å². The maximum Gasteiger partial charge on any atom is 0.128 e. The molecule has 1 aliphatic rings. The smallest absolute Gasteiger partial charge is 0.128 e. The highest BCUT2D eigenvalue weighted by atomic mass is 16.5. The van der Waals surface area contributed by atoms with Crippen LogP contribution in [0.25, 0.3) is 0 Å². The molecule has 0 saturated heterocycles. The fraction of sp³-hybridized carbons (Fsp3) is 0.269. The van der Waals surface area contributed by atoms with Crippen LogP contribution in [-0.4, -0.2) is 5.71 Å². The van der Waals surface area contributed by atoms with Gasteiger partial charge in [0, 0.05) is 5.56 Å². The molecule has 2 nitrogen and oxygen atoms in total. The van der Waals surface area contributed by atoms with Crippen LogP contribution in [0.1, 0.15) is 54.7 Å². The molecule has 1 aliphatic heterocycles. The summed E-state index contributed by atoms with van der Waals surface area (Å²) in [5.41, 5.74) is 8.16. The van der Waals surface area contributed by atoms with Crippen molar-refractivity contribution in [2.24, 2.45) is 4.99 Å². The van der Waals surface area contributed by atoms with E-state index < -0.39 is 0 Å². The van der Waals surface area contributed by atoms with Crippen molar-refractivity contribution in [3.63, 3.8) is 0 Å². The highest BCUT2D eigenvalue weighted by molar-refractivity contribution is 6.09. The van der Waals surface area contributed by atoms with E-state index in [0.29, 0.717) is 6.61 Å². The van der Waals surface area contributed by atoms with Crippen molar-refractivity contribution >= 4 is 11.4 Å². The van der Waals surface area contributed by atoms with E-state index in [-0.39, 0.29) is 11.5 Å². The Labute approximate surface area is 167 Å². The molecule has 142 valence electrons. The van der Waals surface area contributed by atoms with Crippen molar-refractivity contribution in [2.45, 2.75) is 45.8 Å². The van der Waals surface area contributed by atoms with Gasteiger partial charge < -0.3 is 4.74 Å². The molecule has 28 heavy (non-hydrogen) atoms. The molecule has 0 spiro atoms. The number of aryl methyl sites for hydroxylation is 1. The van der Waals surface area contributed by atoms with Gasteiger partial charge in [0.15, 0.2) is 0 Å². The van der Waals surface area contributed by atoms with E-state index in [4.69, 9.17) is 9.73 Å². The molecule has 0 aliphatic carbocycles. The lowest BCUT2D eigenvalue weighted by Crippen LogP contribution is -2.15. The predicted octanol–water partition coefficient (Wildman–Crippen LogP) is 6.68. The number of ether oxygens (including phenoxy) is 1. The maximum atomic E-state index is 6.45. The normalized spacial score (nSPS) is 16.0. The number of rotatable bonds is 4. The van der Waals surface area contributed by atoms with E-state index in [0.717, 1.165) is 22.5 Å². The molecule has 3 aromatic rings. The van der Waals surface area contributed by atoms with Gasteiger partial charge in [0.05, 0.1) is 18.0 Å². The number of para-hydroxylation sites is 1. The molecule has 0 fully saturated rings. The van der Waals surface area contributed by atoms with Crippen molar-refractivity contribution in [1.82, 2.24) is 0 Å². The van der Waals surface area contributed by atoms with Crippen LogP contribution in [0.2, 0.25) is 0 Å². The highest BCUT2D eigenvalue weighted by Gasteiger charge is 2.29. The van der Waals surface area contributed by atoms with Crippen LogP contribution >= 0.6 is 0 Å². The van der Waals surface area contributed by atoms with Gasteiger partial charge >= 0.3 is 0 Å². The fourth-order valence-corrected chi connectivity index (χ4v) is 3.56. The number of fused-ring (bicyclic) bond motifs is 1. The zero-order valence-electron chi connectivity index (χ0n) is 17.1. The quantitative estimate of drug-likeness (QED) is 0.502. The second kappa shape index (κ2) is 7.37. The third kappa shape index (κ3) is 3.79.